The Morgan fingerprint density at radius 2 is 1.72 bits per heavy atom. The molecule has 3 aliphatic carbocycles. The van der Waals surface area contributed by atoms with E-state index < -0.39 is 70.2 Å². The van der Waals surface area contributed by atoms with E-state index in [0.29, 0.717) is 5.57 Å². The van der Waals surface area contributed by atoms with Gasteiger partial charge < -0.3 is 35.0 Å². The minimum absolute atomic E-state index is 0.0657. The van der Waals surface area contributed by atoms with Crippen molar-refractivity contribution in [3.8, 4) is 0 Å². The molecule has 1 aromatic carbocycles. The van der Waals surface area contributed by atoms with Crippen LogP contribution in [0.2, 0.25) is 0 Å². The number of esters is 1. The molecule has 0 aromatic heterocycles. The van der Waals surface area contributed by atoms with E-state index in [1.54, 1.807) is 51.1 Å². The molecule has 9 nitrogen and oxygen atoms in total. The molecule has 5 rings (SSSR count). The predicted molar refractivity (Wildman–Crippen MR) is 126 cm³/mol. The zero-order valence-corrected chi connectivity index (χ0v) is 20.8. The van der Waals surface area contributed by atoms with Crippen LogP contribution in [0.25, 0.3) is 0 Å². The number of aliphatic hydroxyl groups excluding tert-OH is 3. The average Bonchev–Trinajstić information content (AvgIpc) is 2.83. The number of hydrogen-bond donors (Lipinski definition) is 5. The van der Waals surface area contributed by atoms with Crippen molar-refractivity contribution in [1.82, 2.24) is 0 Å². The third-order valence-corrected chi connectivity index (χ3v) is 9.64. The summed E-state index contributed by atoms with van der Waals surface area (Å²) >= 11 is 0. The van der Waals surface area contributed by atoms with Crippen LogP contribution in [-0.2, 0) is 14.3 Å². The van der Waals surface area contributed by atoms with E-state index in [4.69, 9.17) is 9.47 Å². The van der Waals surface area contributed by atoms with E-state index in [-0.39, 0.29) is 30.6 Å². The first-order valence-electron chi connectivity index (χ1n) is 12.3. The summed E-state index contributed by atoms with van der Waals surface area (Å²) in [7, 11) is 0. The summed E-state index contributed by atoms with van der Waals surface area (Å²) in [6.07, 6.45) is -7.08. The van der Waals surface area contributed by atoms with Gasteiger partial charge in [-0.25, -0.2) is 4.79 Å². The first kappa shape index (κ1) is 25.5. The highest BCUT2D eigenvalue weighted by Gasteiger charge is 2.76. The Hall–Kier alpha value is -2.14. The maximum atomic E-state index is 14.0. The minimum atomic E-state index is -2.02. The molecule has 0 radical (unpaired) electrons. The van der Waals surface area contributed by atoms with Gasteiger partial charge in [-0.1, -0.05) is 32.0 Å². The van der Waals surface area contributed by atoms with Crippen molar-refractivity contribution in [1.29, 1.82) is 0 Å². The van der Waals surface area contributed by atoms with Gasteiger partial charge in [0.25, 0.3) is 0 Å². The maximum absolute atomic E-state index is 14.0. The van der Waals surface area contributed by atoms with Gasteiger partial charge in [0.1, 0.15) is 23.4 Å². The van der Waals surface area contributed by atoms with Crippen LogP contribution in [0.5, 0.6) is 0 Å². The number of hydrogen-bond acceptors (Lipinski definition) is 9. The molecule has 0 unspecified atom stereocenters. The number of aliphatic hydroxyl groups is 5. The topological polar surface area (TPSA) is 154 Å². The highest BCUT2D eigenvalue weighted by atomic mass is 16.6. The van der Waals surface area contributed by atoms with Crippen LogP contribution in [0.3, 0.4) is 0 Å². The predicted octanol–water partition coefficient (Wildman–Crippen LogP) is 0.511. The smallest absolute Gasteiger partial charge is 0.338 e. The quantitative estimate of drug-likeness (QED) is 0.287. The lowest BCUT2D eigenvalue weighted by atomic mass is 9.45. The third-order valence-electron chi connectivity index (χ3n) is 9.64. The summed E-state index contributed by atoms with van der Waals surface area (Å²) in [6.45, 7) is 6.07. The Kier molecular flexibility index (Phi) is 5.62. The van der Waals surface area contributed by atoms with E-state index in [1.165, 1.54) is 6.92 Å². The van der Waals surface area contributed by atoms with E-state index in [1.807, 2.05) is 0 Å². The molecular weight excluding hydrogens is 468 g/mol. The first-order valence-corrected chi connectivity index (χ1v) is 12.3. The van der Waals surface area contributed by atoms with Gasteiger partial charge in [-0.3, -0.25) is 4.79 Å². The summed E-state index contributed by atoms with van der Waals surface area (Å²) in [6, 6.07) is 8.12. The summed E-state index contributed by atoms with van der Waals surface area (Å²) in [5.41, 5.74) is -6.24. The highest BCUT2D eigenvalue weighted by Crippen LogP contribution is 2.62. The molecule has 9 atom stereocenters. The summed E-state index contributed by atoms with van der Waals surface area (Å²) < 4.78 is 11.6. The molecule has 2 bridgehead atoms. The second-order valence-electron chi connectivity index (χ2n) is 11.6. The number of carbonyl (C=O) groups is 2. The van der Waals surface area contributed by atoms with Gasteiger partial charge in [0.2, 0.25) is 0 Å². The molecule has 2 saturated carbocycles. The first-order chi connectivity index (χ1) is 16.7. The highest BCUT2D eigenvalue weighted by molar-refractivity contribution is 5.94. The Labute approximate surface area is 209 Å². The number of rotatable bonds is 2. The summed E-state index contributed by atoms with van der Waals surface area (Å²) in [5, 5.41) is 57.9. The van der Waals surface area contributed by atoms with Crippen molar-refractivity contribution in [2.24, 2.45) is 16.7 Å². The molecule has 4 aliphatic rings. The van der Waals surface area contributed by atoms with Crippen LogP contribution in [0.15, 0.2) is 41.5 Å². The van der Waals surface area contributed by atoms with Crippen LogP contribution in [0.1, 0.15) is 50.9 Å². The minimum Gasteiger partial charge on any atom is -0.455 e. The SMILES string of the molecule is CC1=C2[C@@H](O)C(=O)[C@@]3(C)[C@H]([C@H](OC(=O)c4ccccc4)[C@](O)(C[C@@H]1O)C2(C)C)[C@]1(O)CO[C@@H]1C[C@@H]3O. The van der Waals surface area contributed by atoms with Gasteiger partial charge in [-0.2, -0.15) is 0 Å². The normalized spacial score (nSPS) is 45.5. The van der Waals surface area contributed by atoms with Crippen LogP contribution < -0.4 is 0 Å². The number of ether oxygens (including phenoxy) is 2. The fourth-order valence-corrected chi connectivity index (χ4v) is 7.26. The zero-order chi connectivity index (χ0) is 26.4. The van der Waals surface area contributed by atoms with Gasteiger partial charge in [-0.05, 0) is 37.1 Å². The molecule has 9 heteroatoms. The number of fused-ring (bicyclic) bond motifs is 5. The number of benzene rings is 1. The molecule has 0 amide bonds. The Morgan fingerprint density at radius 1 is 1.08 bits per heavy atom. The molecule has 1 saturated heterocycles. The van der Waals surface area contributed by atoms with Crippen LogP contribution >= 0.6 is 0 Å². The van der Waals surface area contributed by atoms with Crippen molar-refractivity contribution >= 4 is 11.8 Å². The lowest BCUT2D eigenvalue weighted by Gasteiger charge is -2.66. The lowest BCUT2D eigenvalue weighted by molar-refractivity contribution is -0.343. The Bertz CT molecular complexity index is 1130. The van der Waals surface area contributed by atoms with Crippen LogP contribution in [0.4, 0.5) is 0 Å². The van der Waals surface area contributed by atoms with Gasteiger partial charge >= 0.3 is 5.97 Å². The number of ketones is 1. The Morgan fingerprint density at radius 3 is 2.31 bits per heavy atom. The molecule has 1 aromatic rings. The van der Waals surface area contributed by atoms with E-state index >= 15 is 0 Å². The number of carbonyl (C=O) groups excluding carboxylic acids is 2. The van der Waals surface area contributed by atoms with Gasteiger partial charge in [0.15, 0.2) is 5.78 Å². The second kappa shape index (κ2) is 7.93. The average molecular weight is 503 g/mol. The maximum Gasteiger partial charge on any atom is 0.338 e. The molecule has 196 valence electrons. The van der Waals surface area contributed by atoms with Crippen molar-refractivity contribution in [2.45, 2.75) is 82.3 Å². The standard InChI is InChI=1S/C27H34O9/c1-13-15(28)11-27(34)22(36-23(32)14-8-6-5-7-9-14)20-25(4,16(29)10-17-26(20,33)12-35-17)21(31)19(30)18(13)24(27,2)3/h5-9,15-17,19-20,22,28-30,33-34H,10-12H2,1-4H3/t15-,16-,17+,19+,20-,22-,25+,26-,27+/m0/s1. The molecule has 0 spiro atoms. The molecule has 1 aliphatic heterocycles. The summed E-state index contributed by atoms with van der Waals surface area (Å²) in [5.74, 6) is -2.89. The van der Waals surface area contributed by atoms with E-state index in [0.717, 1.165) is 0 Å². The Balaban J connectivity index is 1.78. The molecular formula is C27H34O9. The summed E-state index contributed by atoms with van der Waals surface area (Å²) in [4.78, 5) is 27.4. The van der Waals surface area contributed by atoms with Gasteiger partial charge in [0.05, 0.1) is 35.9 Å². The second-order valence-corrected chi connectivity index (χ2v) is 11.6. The lowest BCUT2D eigenvalue weighted by Crippen LogP contribution is -2.81. The molecule has 1 heterocycles. The van der Waals surface area contributed by atoms with Crippen molar-refractivity contribution in [3.05, 3.63) is 47.0 Å². The van der Waals surface area contributed by atoms with Crippen LogP contribution in [0, 0.1) is 16.7 Å². The van der Waals surface area contributed by atoms with E-state index in [2.05, 4.69) is 0 Å². The van der Waals surface area contributed by atoms with Crippen LogP contribution in [-0.4, -0.2) is 85.6 Å². The molecule has 36 heavy (non-hydrogen) atoms. The van der Waals surface area contributed by atoms with Gasteiger partial charge in [0, 0.05) is 24.2 Å². The third kappa shape index (κ3) is 3.04. The van der Waals surface area contributed by atoms with Crippen molar-refractivity contribution < 1.29 is 44.6 Å². The van der Waals surface area contributed by atoms with E-state index in [9.17, 15) is 35.1 Å². The zero-order valence-electron chi connectivity index (χ0n) is 20.8. The van der Waals surface area contributed by atoms with Crippen molar-refractivity contribution in [3.63, 3.8) is 0 Å². The fraction of sp³-hybridized carbons (Fsp3) is 0.630. The number of Topliss-reactive ketones (excluding diaryl/α,β-unsaturated/α-hetero) is 1. The fourth-order valence-electron chi connectivity index (χ4n) is 7.26. The largest absolute Gasteiger partial charge is 0.455 e. The molecule has 3 fully saturated rings. The van der Waals surface area contributed by atoms with Crippen molar-refractivity contribution in [2.75, 3.05) is 6.61 Å². The monoisotopic (exact) mass is 502 g/mol. The van der Waals surface area contributed by atoms with Gasteiger partial charge in [-0.15, -0.1) is 0 Å². The molecule has 5 N–H and O–H groups in total.